The second-order valence-corrected chi connectivity index (χ2v) is 2.66. The fourth-order valence-electron chi connectivity index (χ4n) is 0.757. The van der Waals surface area contributed by atoms with Crippen LogP contribution in [0.3, 0.4) is 0 Å². The highest BCUT2D eigenvalue weighted by Crippen LogP contribution is 2.15. The van der Waals surface area contributed by atoms with Crippen molar-refractivity contribution >= 4 is 5.82 Å². The lowest BCUT2D eigenvalue weighted by Crippen LogP contribution is -2.08. The van der Waals surface area contributed by atoms with Crippen molar-refractivity contribution < 1.29 is 14.1 Å². The highest BCUT2D eigenvalue weighted by Gasteiger charge is 2.06. The van der Waals surface area contributed by atoms with Crippen LogP contribution in [-0.2, 0) is 9.57 Å². The number of nitrogens with zero attached hydrogens (tertiary/aromatic N) is 1. The van der Waals surface area contributed by atoms with Crippen LogP contribution in [0.15, 0.2) is 4.52 Å². The third-order valence-corrected chi connectivity index (χ3v) is 1.72. The lowest BCUT2D eigenvalue weighted by molar-refractivity contribution is 0.0997. The first-order valence-corrected chi connectivity index (χ1v) is 4.05. The number of anilines is 1. The Morgan fingerprint density at radius 3 is 2.69 bits per heavy atom. The summed E-state index contributed by atoms with van der Waals surface area (Å²) in [5.74, 6) is 1.41. The molecule has 0 bridgehead atoms. The van der Waals surface area contributed by atoms with E-state index >= 15 is 0 Å². The largest absolute Gasteiger partial charge is 0.382 e. The fourth-order valence-corrected chi connectivity index (χ4v) is 0.757. The van der Waals surface area contributed by atoms with E-state index in [2.05, 4.69) is 10.6 Å². The molecule has 0 spiro atoms. The molecule has 1 rings (SSSR count). The lowest BCUT2D eigenvalue weighted by atomic mass is 10.3. The summed E-state index contributed by atoms with van der Waals surface area (Å²) in [6.45, 7) is 4.78. The predicted octanol–water partition coefficient (Wildman–Crippen LogP) is 1.28. The van der Waals surface area contributed by atoms with Crippen molar-refractivity contribution in [3.63, 3.8) is 0 Å². The summed E-state index contributed by atoms with van der Waals surface area (Å²) in [5.41, 5.74) is 3.64. The molecule has 13 heavy (non-hydrogen) atoms. The summed E-state index contributed by atoms with van der Waals surface area (Å²) in [6, 6.07) is 0. The van der Waals surface area contributed by atoms with Crippen molar-refractivity contribution in [1.29, 1.82) is 0 Å². The molecular weight excluding hydrogens is 172 g/mol. The monoisotopic (exact) mass is 186 g/mol. The Balaban J connectivity index is 2.32. The van der Waals surface area contributed by atoms with Gasteiger partial charge in [-0.2, -0.15) is 0 Å². The summed E-state index contributed by atoms with van der Waals surface area (Å²) in [6.07, 6.45) is 0. The molecule has 5 heteroatoms. The number of methoxy groups -OCH3 is 1. The Kier molecular flexibility index (Phi) is 3.72. The van der Waals surface area contributed by atoms with Crippen LogP contribution >= 0.6 is 0 Å². The van der Waals surface area contributed by atoms with Crippen molar-refractivity contribution in [3.8, 4) is 0 Å². The number of rotatable bonds is 5. The molecule has 1 aromatic rings. The predicted molar refractivity (Wildman–Crippen MR) is 47.4 cm³/mol. The molecule has 0 aliphatic rings. The van der Waals surface area contributed by atoms with Crippen molar-refractivity contribution in [2.45, 2.75) is 13.8 Å². The smallest absolute Gasteiger partial charge is 0.196 e. The molecule has 0 saturated heterocycles. The Hall–Kier alpha value is -1.07. The topological polar surface area (TPSA) is 56.5 Å². The Morgan fingerprint density at radius 2 is 2.15 bits per heavy atom. The van der Waals surface area contributed by atoms with Gasteiger partial charge in [-0.3, -0.25) is 4.84 Å². The molecule has 0 aliphatic heterocycles. The minimum atomic E-state index is 0.474. The molecule has 74 valence electrons. The van der Waals surface area contributed by atoms with Gasteiger partial charge in [0.25, 0.3) is 0 Å². The Morgan fingerprint density at radius 1 is 1.38 bits per heavy atom. The third-order valence-electron chi connectivity index (χ3n) is 1.72. The average molecular weight is 186 g/mol. The molecule has 0 aromatic carbocycles. The summed E-state index contributed by atoms with van der Waals surface area (Å²) in [5, 5.41) is 3.76. The number of aryl methyl sites for hydroxylation is 1. The molecule has 0 fully saturated rings. The number of nitrogens with one attached hydrogen (secondary N) is 1. The minimum Gasteiger partial charge on any atom is -0.382 e. The molecule has 0 unspecified atom stereocenters. The number of aromatic nitrogens is 1. The van der Waals surface area contributed by atoms with Crippen LogP contribution in [0.5, 0.6) is 0 Å². The first-order chi connectivity index (χ1) is 6.25. The first kappa shape index (κ1) is 10.0. The zero-order valence-electron chi connectivity index (χ0n) is 8.09. The first-order valence-electron chi connectivity index (χ1n) is 4.05. The van der Waals surface area contributed by atoms with E-state index in [0.717, 1.165) is 11.3 Å². The van der Waals surface area contributed by atoms with E-state index in [1.54, 1.807) is 7.11 Å². The molecule has 0 radical (unpaired) electrons. The molecule has 0 atom stereocenters. The number of hydrogen-bond donors (Lipinski definition) is 1. The molecule has 0 saturated carbocycles. The van der Waals surface area contributed by atoms with Gasteiger partial charge >= 0.3 is 0 Å². The van der Waals surface area contributed by atoms with E-state index in [1.165, 1.54) is 0 Å². The highest BCUT2D eigenvalue weighted by molar-refractivity contribution is 5.41. The van der Waals surface area contributed by atoms with Gasteiger partial charge in [-0.1, -0.05) is 5.16 Å². The Bertz CT molecular complexity index is 260. The van der Waals surface area contributed by atoms with Gasteiger partial charge < -0.3 is 9.26 Å². The van der Waals surface area contributed by atoms with E-state index in [4.69, 9.17) is 14.1 Å². The molecule has 0 aliphatic carbocycles. The zero-order valence-corrected chi connectivity index (χ0v) is 8.09. The van der Waals surface area contributed by atoms with Crippen LogP contribution in [0.25, 0.3) is 0 Å². The number of ether oxygens (including phenoxy) is 1. The van der Waals surface area contributed by atoms with Gasteiger partial charge in [0.2, 0.25) is 0 Å². The molecule has 1 N–H and O–H groups in total. The third kappa shape index (κ3) is 2.71. The van der Waals surface area contributed by atoms with E-state index in [9.17, 15) is 0 Å². The Labute approximate surface area is 77.0 Å². The van der Waals surface area contributed by atoms with Gasteiger partial charge in [0.15, 0.2) is 5.82 Å². The van der Waals surface area contributed by atoms with Gasteiger partial charge in [0.1, 0.15) is 5.76 Å². The van der Waals surface area contributed by atoms with E-state index in [0.29, 0.717) is 19.0 Å². The van der Waals surface area contributed by atoms with Crippen LogP contribution in [0.4, 0.5) is 5.82 Å². The van der Waals surface area contributed by atoms with Crippen LogP contribution in [0.2, 0.25) is 0 Å². The van der Waals surface area contributed by atoms with Gasteiger partial charge in [0, 0.05) is 12.7 Å². The summed E-state index contributed by atoms with van der Waals surface area (Å²) in [7, 11) is 1.62. The van der Waals surface area contributed by atoms with E-state index < -0.39 is 0 Å². The van der Waals surface area contributed by atoms with Crippen molar-refractivity contribution in [2.24, 2.45) is 0 Å². The second-order valence-electron chi connectivity index (χ2n) is 2.66. The SMILES string of the molecule is COCCONc1noc(C)c1C. The van der Waals surface area contributed by atoms with Crippen molar-refractivity contribution in [3.05, 3.63) is 11.3 Å². The molecule has 0 amide bonds. The van der Waals surface area contributed by atoms with Gasteiger partial charge in [-0.15, -0.1) is 0 Å². The summed E-state index contributed by atoms with van der Waals surface area (Å²) >= 11 is 0. The van der Waals surface area contributed by atoms with Crippen LogP contribution in [0, 0.1) is 13.8 Å². The standard InChI is InChI=1S/C8H14N2O3/c1-6-7(2)13-10-8(6)9-12-5-4-11-3/h4-5H2,1-3H3,(H,9,10). The normalized spacial score (nSPS) is 10.4. The minimum absolute atomic E-state index is 0.474. The zero-order chi connectivity index (χ0) is 9.68. The maximum Gasteiger partial charge on any atom is 0.196 e. The number of hydrogen-bond acceptors (Lipinski definition) is 5. The summed E-state index contributed by atoms with van der Waals surface area (Å²) < 4.78 is 9.73. The fraction of sp³-hybridized carbons (Fsp3) is 0.625. The highest BCUT2D eigenvalue weighted by atomic mass is 16.7. The molecule has 5 nitrogen and oxygen atoms in total. The van der Waals surface area contributed by atoms with Crippen LogP contribution in [0.1, 0.15) is 11.3 Å². The maximum absolute atomic E-state index is 5.06. The van der Waals surface area contributed by atoms with Gasteiger partial charge in [0.05, 0.1) is 13.2 Å². The molecule has 1 heterocycles. The van der Waals surface area contributed by atoms with Crippen molar-refractivity contribution in [1.82, 2.24) is 5.16 Å². The van der Waals surface area contributed by atoms with E-state index in [-0.39, 0.29) is 0 Å². The second kappa shape index (κ2) is 4.84. The van der Waals surface area contributed by atoms with Crippen LogP contribution in [-0.4, -0.2) is 25.5 Å². The van der Waals surface area contributed by atoms with Crippen molar-refractivity contribution in [2.75, 3.05) is 25.8 Å². The van der Waals surface area contributed by atoms with Gasteiger partial charge in [-0.05, 0) is 13.8 Å². The quantitative estimate of drug-likeness (QED) is 0.554. The average Bonchev–Trinajstić information content (AvgIpc) is 2.43. The van der Waals surface area contributed by atoms with Gasteiger partial charge in [-0.25, -0.2) is 5.48 Å². The summed E-state index contributed by atoms with van der Waals surface area (Å²) in [4.78, 5) is 5.06. The lowest BCUT2D eigenvalue weighted by Gasteiger charge is -2.02. The maximum atomic E-state index is 5.06. The van der Waals surface area contributed by atoms with Crippen LogP contribution < -0.4 is 5.48 Å². The molecule has 1 aromatic heterocycles. The molecular formula is C8H14N2O3. The van der Waals surface area contributed by atoms with E-state index in [1.807, 2.05) is 13.8 Å².